The fourth-order valence-electron chi connectivity index (χ4n) is 4.03. The van der Waals surface area contributed by atoms with Crippen molar-refractivity contribution < 1.29 is 29.1 Å². The van der Waals surface area contributed by atoms with Crippen molar-refractivity contribution in [2.75, 3.05) is 26.2 Å². The Morgan fingerprint density at radius 2 is 1.77 bits per heavy atom. The highest BCUT2D eigenvalue weighted by Gasteiger charge is 2.19. The van der Waals surface area contributed by atoms with Crippen LogP contribution in [0.15, 0.2) is 65.2 Å². The number of hydrogen-bond donors (Lipinski definition) is 2. The largest absolute Gasteiger partial charge is 0.478 e. The van der Waals surface area contributed by atoms with Gasteiger partial charge in [0.1, 0.15) is 0 Å². The zero-order valence-corrected chi connectivity index (χ0v) is 19.9. The summed E-state index contributed by atoms with van der Waals surface area (Å²) in [4.78, 5) is 21.7. The van der Waals surface area contributed by atoms with Gasteiger partial charge in [-0.15, -0.1) is 0 Å². The number of likely N-dealkylation sites (tertiary alicyclic amines) is 1. The lowest BCUT2D eigenvalue weighted by atomic mass is 9.93. The number of aliphatic carboxylic acids is 2. The average molecular weight is 481 g/mol. The van der Waals surface area contributed by atoms with Gasteiger partial charge in [0, 0.05) is 18.7 Å². The van der Waals surface area contributed by atoms with E-state index in [1.807, 2.05) is 12.1 Å². The standard InChI is InChI=1S/C23H28N2O2.C4H4O4/c1-18-7-8-22-21(17-18)23(24-27-22)26-16-12-20-10-14-25(15-11-20)13-9-19-5-3-2-4-6-19;5-3(6)1-2-4(7)8/h2-8,17,20H,9-16H2,1H3;1-2H,(H,5,6)(H,7,8). The van der Waals surface area contributed by atoms with Gasteiger partial charge in [0.25, 0.3) is 5.88 Å². The Kier molecular flexibility index (Phi) is 9.86. The molecule has 0 aliphatic carbocycles. The van der Waals surface area contributed by atoms with Crippen LogP contribution < -0.4 is 4.74 Å². The van der Waals surface area contributed by atoms with Gasteiger partial charge in [-0.05, 0) is 74.5 Å². The highest BCUT2D eigenvalue weighted by atomic mass is 16.5. The van der Waals surface area contributed by atoms with Crippen LogP contribution in [-0.2, 0) is 16.0 Å². The Morgan fingerprint density at radius 3 is 2.43 bits per heavy atom. The van der Waals surface area contributed by atoms with Crippen molar-refractivity contribution >= 4 is 22.9 Å². The minimum atomic E-state index is -1.26. The van der Waals surface area contributed by atoms with E-state index >= 15 is 0 Å². The zero-order valence-electron chi connectivity index (χ0n) is 19.9. The van der Waals surface area contributed by atoms with Crippen molar-refractivity contribution in [2.45, 2.75) is 32.6 Å². The monoisotopic (exact) mass is 480 g/mol. The van der Waals surface area contributed by atoms with Crippen molar-refractivity contribution in [2.24, 2.45) is 5.92 Å². The van der Waals surface area contributed by atoms with Crippen molar-refractivity contribution in [3.05, 3.63) is 71.8 Å². The third-order valence-corrected chi connectivity index (χ3v) is 5.99. The first kappa shape index (κ1) is 26.0. The first-order chi connectivity index (χ1) is 16.9. The SMILES string of the molecule is Cc1ccc2onc(OCCC3CCN(CCc4ccccc4)CC3)c2c1.O=C(O)C=CC(=O)O. The molecule has 0 amide bonds. The van der Waals surface area contributed by atoms with Gasteiger partial charge in [0.05, 0.1) is 12.0 Å². The predicted molar refractivity (Wildman–Crippen MR) is 133 cm³/mol. The minimum Gasteiger partial charge on any atom is -0.478 e. The summed E-state index contributed by atoms with van der Waals surface area (Å²) in [6.07, 6.45) is 5.87. The molecule has 1 aliphatic rings. The van der Waals surface area contributed by atoms with E-state index < -0.39 is 11.9 Å². The van der Waals surface area contributed by atoms with E-state index in [2.05, 4.69) is 53.4 Å². The Balaban J connectivity index is 0.000000371. The smallest absolute Gasteiger partial charge is 0.328 e. The number of aryl methyl sites for hydroxylation is 1. The van der Waals surface area contributed by atoms with Gasteiger partial charge in [0.2, 0.25) is 0 Å². The highest BCUT2D eigenvalue weighted by Crippen LogP contribution is 2.27. The summed E-state index contributed by atoms with van der Waals surface area (Å²) in [6.45, 7) is 6.34. The van der Waals surface area contributed by atoms with Crippen LogP contribution in [0.5, 0.6) is 5.88 Å². The molecule has 2 heterocycles. The minimum absolute atomic E-state index is 0.558. The third kappa shape index (κ3) is 8.90. The summed E-state index contributed by atoms with van der Waals surface area (Å²) in [7, 11) is 0. The van der Waals surface area contributed by atoms with Gasteiger partial charge in [-0.3, -0.25) is 0 Å². The molecule has 0 spiro atoms. The number of piperidine rings is 1. The van der Waals surface area contributed by atoms with Gasteiger partial charge in [0.15, 0.2) is 5.58 Å². The number of fused-ring (bicyclic) bond motifs is 1. The lowest BCUT2D eigenvalue weighted by Crippen LogP contribution is -2.35. The zero-order chi connectivity index (χ0) is 25.0. The summed E-state index contributed by atoms with van der Waals surface area (Å²) in [5, 5.41) is 20.7. The highest BCUT2D eigenvalue weighted by molar-refractivity contribution is 5.89. The van der Waals surface area contributed by atoms with E-state index in [4.69, 9.17) is 19.5 Å². The van der Waals surface area contributed by atoms with Crippen molar-refractivity contribution in [1.82, 2.24) is 10.1 Å². The summed E-state index contributed by atoms with van der Waals surface area (Å²) < 4.78 is 11.3. The normalized spacial score (nSPS) is 14.5. The summed E-state index contributed by atoms with van der Waals surface area (Å²) >= 11 is 0. The topological polar surface area (TPSA) is 113 Å². The maximum absolute atomic E-state index is 9.55. The molecule has 35 heavy (non-hydrogen) atoms. The summed E-state index contributed by atoms with van der Waals surface area (Å²) in [6, 6.07) is 16.8. The van der Waals surface area contributed by atoms with Crippen LogP contribution in [0.2, 0.25) is 0 Å². The number of carbonyl (C=O) groups is 2. The Labute approximate surface area is 204 Å². The third-order valence-electron chi connectivity index (χ3n) is 5.99. The van der Waals surface area contributed by atoms with E-state index in [1.54, 1.807) is 0 Å². The maximum atomic E-state index is 9.55. The number of carboxylic acid groups (broad SMARTS) is 2. The lowest BCUT2D eigenvalue weighted by molar-refractivity contribution is -0.134. The Morgan fingerprint density at radius 1 is 1.09 bits per heavy atom. The number of hydrogen-bond acceptors (Lipinski definition) is 6. The van der Waals surface area contributed by atoms with Gasteiger partial charge in [-0.2, -0.15) is 0 Å². The molecule has 1 aromatic heterocycles. The molecule has 0 radical (unpaired) electrons. The van der Waals surface area contributed by atoms with Crippen LogP contribution >= 0.6 is 0 Å². The number of nitrogens with zero attached hydrogens (tertiary/aromatic N) is 2. The van der Waals surface area contributed by atoms with Crippen molar-refractivity contribution in [3.8, 4) is 5.88 Å². The maximum Gasteiger partial charge on any atom is 0.328 e. The molecule has 0 saturated carbocycles. The molecule has 2 N–H and O–H groups in total. The van der Waals surface area contributed by atoms with Crippen LogP contribution in [0.25, 0.3) is 11.0 Å². The fourth-order valence-corrected chi connectivity index (χ4v) is 4.03. The molecule has 3 aromatic rings. The van der Waals surface area contributed by atoms with Crippen LogP contribution in [0.1, 0.15) is 30.4 Å². The first-order valence-electron chi connectivity index (χ1n) is 11.8. The number of benzene rings is 2. The van der Waals surface area contributed by atoms with E-state index in [1.165, 1.54) is 37.1 Å². The number of ether oxygens (including phenoxy) is 1. The molecule has 1 aliphatic heterocycles. The molecule has 2 aromatic carbocycles. The van der Waals surface area contributed by atoms with Gasteiger partial charge >= 0.3 is 11.9 Å². The number of aromatic nitrogens is 1. The van der Waals surface area contributed by atoms with Gasteiger partial charge < -0.3 is 24.4 Å². The second-order valence-corrected chi connectivity index (χ2v) is 8.65. The predicted octanol–water partition coefficient (Wildman–Crippen LogP) is 4.57. The fraction of sp³-hybridized carbons (Fsp3) is 0.370. The van der Waals surface area contributed by atoms with Gasteiger partial charge in [-0.25, -0.2) is 9.59 Å². The Hall–Kier alpha value is -3.65. The molecule has 8 nitrogen and oxygen atoms in total. The second kappa shape index (κ2) is 13.3. The molecule has 0 unspecified atom stereocenters. The Bertz CT molecular complexity index is 1100. The summed E-state index contributed by atoms with van der Waals surface area (Å²) in [5.41, 5.74) is 3.42. The van der Waals surface area contributed by atoms with Crippen molar-refractivity contribution in [3.63, 3.8) is 0 Å². The molecule has 186 valence electrons. The van der Waals surface area contributed by atoms with Crippen LogP contribution in [0.4, 0.5) is 0 Å². The molecule has 8 heteroatoms. The van der Waals surface area contributed by atoms with Crippen LogP contribution in [0.3, 0.4) is 0 Å². The quantitative estimate of drug-likeness (QED) is 0.428. The number of rotatable bonds is 9. The van der Waals surface area contributed by atoms with E-state index in [9.17, 15) is 9.59 Å². The molecule has 1 saturated heterocycles. The molecule has 0 atom stereocenters. The number of carboxylic acids is 2. The van der Waals surface area contributed by atoms with Crippen molar-refractivity contribution in [1.29, 1.82) is 0 Å². The molecule has 4 rings (SSSR count). The molecule has 1 fully saturated rings. The first-order valence-corrected chi connectivity index (χ1v) is 11.8. The average Bonchev–Trinajstić information content (AvgIpc) is 3.25. The van der Waals surface area contributed by atoms with Gasteiger partial charge in [-0.1, -0.05) is 42.0 Å². The van der Waals surface area contributed by atoms with Crippen LogP contribution in [0, 0.1) is 12.8 Å². The van der Waals surface area contributed by atoms with E-state index in [-0.39, 0.29) is 0 Å². The van der Waals surface area contributed by atoms with Crippen LogP contribution in [-0.4, -0.2) is 58.4 Å². The molecule has 0 bridgehead atoms. The van der Waals surface area contributed by atoms with E-state index in [0.29, 0.717) is 24.6 Å². The summed E-state index contributed by atoms with van der Waals surface area (Å²) in [5.74, 6) is -1.13. The second-order valence-electron chi connectivity index (χ2n) is 8.65. The molecular formula is C27H32N2O6. The van der Waals surface area contributed by atoms with E-state index in [0.717, 1.165) is 36.3 Å². The lowest BCUT2D eigenvalue weighted by Gasteiger charge is -2.31. The molecular weight excluding hydrogens is 448 g/mol.